The van der Waals surface area contributed by atoms with Gasteiger partial charge in [0.25, 0.3) is 6.42 Å². The topological polar surface area (TPSA) is 97.3 Å². The number of benzene rings is 1. The summed E-state index contributed by atoms with van der Waals surface area (Å²) in [6, 6.07) is 7.63. The van der Waals surface area contributed by atoms with Gasteiger partial charge in [-0.2, -0.15) is 19.6 Å². The summed E-state index contributed by atoms with van der Waals surface area (Å²) in [4.78, 5) is 11.6. The summed E-state index contributed by atoms with van der Waals surface area (Å²) in [7, 11) is 1.66. The van der Waals surface area contributed by atoms with Gasteiger partial charge >= 0.3 is 6.01 Å². The van der Waals surface area contributed by atoms with Gasteiger partial charge in [0.05, 0.1) is 11.9 Å². The highest BCUT2D eigenvalue weighted by atomic mass is 19.1. The van der Waals surface area contributed by atoms with E-state index in [0.717, 1.165) is 36.1 Å². The van der Waals surface area contributed by atoms with E-state index in [1.54, 1.807) is 23.5 Å². The molecule has 1 saturated carbocycles. The van der Waals surface area contributed by atoms with Gasteiger partial charge in [0.2, 0.25) is 5.82 Å². The Hall–Kier alpha value is -3.65. The molecule has 0 spiro atoms. The van der Waals surface area contributed by atoms with Crippen molar-refractivity contribution in [3.8, 4) is 6.19 Å². The number of nitrogens with zero attached hydrogens (tertiary/aromatic N) is 8. The van der Waals surface area contributed by atoms with Crippen molar-refractivity contribution >= 4 is 18.0 Å². The van der Waals surface area contributed by atoms with Crippen LogP contribution in [0.15, 0.2) is 45.8 Å². The molecule has 4 aliphatic rings. The number of aliphatic imine (C=N–C) groups is 1. The van der Waals surface area contributed by atoms with Crippen molar-refractivity contribution in [3.63, 3.8) is 0 Å². The number of fused-ring (bicyclic) bond motifs is 6. The lowest BCUT2D eigenvalue weighted by Crippen LogP contribution is -2.48. The Balaban J connectivity index is 1.42. The van der Waals surface area contributed by atoms with Crippen molar-refractivity contribution in [3.05, 3.63) is 47.7 Å². The molecule has 11 heteroatoms. The van der Waals surface area contributed by atoms with Crippen LogP contribution in [0.2, 0.25) is 0 Å². The Bertz CT molecular complexity index is 1130. The summed E-state index contributed by atoms with van der Waals surface area (Å²) in [6.45, 7) is 0. The first-order chi connectivity index (χ1) is 15.2. The zero-order valence-electron chi connectivity index (χ0n) is 16.7. The van der Waals surface area contributed by atoms with Gasteiger partial charge in [-0.25, -0.2) is 14.9 Å². The van der Waals surface area contributed by atoms with Gasteiger partial charge in [-0.15, -0.1) is 0 Å². The molecule has 0 radical (unpaired) electrons. The highest BCUT2D eigenvalue weighted by molar-refractivity contribution is 5.79. The quantitative estimate of drug-likeness (QED) is 0.546. The molecule has 10 nitrogen and oxygen atoms in total. The SMILES string of the molecule is COC1(c2noc(N3C=NC4c5ccccc5N5C(=CN(C#N)C5F)N43)n2)CCCC1. The van der Waals surface area contributed by atoms with Gasteiger partial charge in [0, 0.05) is 12.7 Å². The summed E-state index contributed by atoms with van der Waals surface area (Å²) in [5, 5.41) is 16.9. The van der Waals surface area contributed by atoms with Crippen molar-refractivity contribution in [2.45, 2.75) is 43.9 Å². The number of halogens is 1. The van der Waals surface area contributed by atoms with E-state index in [1.807, 2.05) is 30.5 Å². The number of hydrazine groups is 1. The van der Waals surface area contributed by atoms with Gasteiger partial charge in [-0.3, -0.25) is 4.90 Å². The van der Waals surface area contributed by atoms with Crippen LogP contribution in [-0.2, 0) is 10.3 Å². The molecule has 158 valence electrons. The summed E-state index contributed by atoms with van der Waals surface area (Å²) >= 11 is 0. The van der Waals surface area contributed by atoms with E-state index in [9.17, 15) is 5.26 Å². The number of para-hydroxylation sites is 1. The fraction of sp³-hybridized carbons (Fsp3) is 0.400. The largest absolute Gasteiger partial charge is 0.370 e. The number of alkyl halides is 1. The number of ether oxygens (including phenoxy) is 1. The number of hydrogen-bond acceptors (Lipinski definition) is 10. The van der Waals surface area contributed by atoms with Crippen LogP contribution in [0.4, 0.5) is 16.1 Å². The minimum Gasteiger partial charge on any atom is -0.370 e. The van der Waals surface area contributed by atoms with E-state index in [1.165, 1.54) is 11.1 Å². The van der Waals surface area contributed by atoms with E-state index >= 15 is 4.39 Å². The Kier molecular flexibility index (Phi) is 3.76. The predicted octanol–water partition coefficient (Wildman–Crippen LogP) is 2.92. The molecule has 2 unspecified atom stereocenters. The fourth-order valence-corrected chi connectivity index (χ4v) is 4.80. The van der Waals surface area contributed by atoms with E-state index < -0.39 is 18.2 Å². The minimum atomic E-state index is -1.65. The van der Waals surface area contributed by atoms with E-state index in [2.05, 4.69) is 15.1 Å². The molecular formula is C20H19FN8O2. The Morgan fingerprint density at radius 2 is 2.10 bits per heavy atom. The third-order valence-corrected chi connectivity index (χ3v) is 6.37. The fourth-order valence-electron chi connectivity index (χ4n) is 4.80. The highest BCUT2D eigenvalue weighted by Crippen LogP contribution is 2.48. The van der Waals surface area contributed by atoms with Crippen LogP contribution in [0, 0.1) is 11.5 Å². The molecule has 1 aromatic carbocycles. The first kappa shape index (κ1) is 18.1. The first-order valence-electron chi connectivity index (χ1n) is 10.1. The molecule has 4 heterocycles. The molecule has 0 amide bonds. The van der Waals surface area contributed by atoms with Crippen molar-refractivity contribution < 1.29 is 13.7 Å². The Morgan fingerprint density at radius 1 is 1.29 bits per heavy atom. The second-order valence-corrected chi connectivity index (χ2v) is 7.87. The van der Waals surface area contributed by atoms with Crippen LogP contribution >= 0.6 is 0 Å². The maximum absolute atomic E-state index is 15.1. The summed E-state index contributed by atoms with van der Waals surface area (Å²) in [5.41, 5.74) is 0.923. The first-order valence-corrected chi connectivity index (χ1v) is 10.1. The summed E-state index contributed by atoms with van der Waals surface area (Å²) in [5.74, 6) is 0.952. The van der Waals surface area contributed by atoms with Crippen LogP contribution in [0.5, 0.6) is 0 Å². The predicted molar refractivity (Wildman–Crippen MR) is 106 cm³/mol. The van der Waals surface area contributed by atoms with Crippen LogP contribution in [0.1, 0.15) is 43.2 Å². The zero-order chi connectivity index (χ0) is 21.2. The van der Waals surface area contributed by atoms with Crippen molar-refractivity contribution in [2.75, 3.05) is 17.0 Å². The number of aromatic nitrogens is 2. The highest BCUT2D eigenvalue weighted by Gasteiger charge is 2.49. The number of nitriles is 1. The smallest absolute Gasteiger partial charge is 0.348 e. The molecule has 2 atom stereocenters. The van der Waals surface area contributed by atoms with Crippen molar-refractivity contribution in [1.82, 2.24) is 20.0 Å². The molecule has 0 saturated heterocycles. The summed E-state index contributed by atoms with van der Waals surface area (Å²) < 4.78 is 26.5. The van der Waals surface area contributed by atoms with Gasteiger partial charge in [-0.1, -0.05) is 23.4 Å². The molecule has 6 rings (SSSR count). The van der Waals surface area contributed by atoms with Gasteiger partial charge < -0.3 is 9.26 Å². The van der Waals surface area contributed by atoms with Crippen molar-refractivity contribution in [2.24, 2.45) is 4.99 Å². The minimum absolute atomic E-state index is 0.204. The maximum atomic E-state index is 15.1. The van der Waals surface area contributed by atoms with E-state index in [-0.39, 0.29) is 6.01 Å². The van der Waals surface area contributed by atoms with Crippen LogP contribution in [0.25, 0.3) is 0 Å². The van der Waals surface area contributed by atoms with Crippen LogP contribution in [0.3, 0.4) is 0 Å². The molecule has 1 aliphatic carbocycles. The molecule has 0 bridgehead atoms. The van der Waals surface area contributed by atoms with Crippen LogP contribution < -0.4 is 9.91 Å². The van der Waals surface area contributed by atoms with Crippen molar-refractivity contribution in [1.29, 1.82) is 5.26 Å². The normalized spacial score (nSPS) is 25.4. The molecule has 1 fully saturated rings. The number of hydrogen-bond donors (Lipinski definition) is 0. The molecule has 3 aliphatic heterocycles. The molecule has 2 aromatic rings. The van der Waals surface area contributed by atoms with Gasteiger partial charge in [0.1, 0.15) is 11.9 Å². The average Bonchev–Trinajstić information content (AvgIpc) is 3.58. The lowest BCUT2D eigenvalue weighted by Gasteiger charge is -2.41. The lowest BCUT2D eigenvalue weighted by molar-refractivity contribution is -0.0178. The maximum Gasteiger partial charge on any atom is 0.348 e. The van der Waals surface area contributed by atoms with Crippen LogP contribution in [-0.4, -0.2) is 39.9 Å². The molecule has 0 N–H and O–H groups in total. The second-order valence-electron chi connectivity index (χ2n) is 7.87. The number of rotatable bonds is 3. The number of anilines is 2. The molecule has 31 heavy (non-hydrogen) atoms. The standard InChI is InChI=1S/C20H19FN8O2/c1-30-20(8-4-5-9-20)17-24-19(31-25-17)27-12-23-16-13-6-2-3-7-14(13)28-15(29(16)27)10-26(11-22)18(28)21/h2-3,6-7,10,12,16,18H,4-5,8-9H2,1H3. The zero-order valence-corrected chi connectivity index (χ0v) is 16.7. The third-order valence-electron chi connectivity index (χ3n) is 6.37. The van der Waals surface area contributed by atoms with Gasteiger partial charge in [0.15, 0.2) is 18.2 Å². The molecule has 1 aromatic heterocycles. The van der Waals surface area contributed by atoms with Gasteiger partial charge in [-0.05, 0) is 31.7 Å². The monoisotopic (exact) mass is 422 g/mol. The van der Waals surface area contributed by atoms with E-state index in [4.69, 9.17) is 9.26 Å². The summed E-state index contributed by atoms with van der Waals surface area (Å²) in [6.07, 6.45) is 6.56. The van der Waals surface area contributed by atoms with E-state index in [0.29, 0.717) is 17.3 Å². The third kappa shape index (κ3) is 2.36. The molecular weight excluding hydrogens is 403 g/mol. The average molecular weight is 422 g/mol. The second kappa shape index (κ2) is 6.42. The number of methoxy groups -OCH3 is 1. The Labute approximate surface area is 177 Å². The lowest BCUT2D eigenvalue weighted by atomic mass is 10.0. The Morgan fingerprint density at radius 3 is 2.87 bits per heavy atom.